The second kappa shape index (κ2) is 6.99. The minimum absolute atomic E-state index is 0.121. The van der Waals surface area contributed by atoms with Crippen LogP contribution >= 0.6 is 0 Å². The number of hydrogen-bond donors (Lipinski definition) is 0. The number of rotatable bonds is 5. The SMILES string of the molecule is Cc1ccc(N(Cc2ccco2)C(=O)Cn2c(=O)oc3ccccc32)cc1. The van der Waals surface area contributed by atoms with E-state index in [0.717, 1.165) is 11.3 Å². The van der Waals surface area contributed by atoms with E-state index in [1.807, 2.05) is 37.3 Å². The number of para-hydroxylation sites is 2. The highest BCUT2D eigenvalue weighted by Crippen LogP contribution is 2.20. The quantitative estimate of drug-likeness (QED) is 0.542. The molecule has 4 aromatic rings. The summed E-state index contributed by atoms with van der Waals surface area (Å²) in [4.78, 5) is 26.9. The Morgan fingerprint density at radius 3 is 2.56 bits per heavy atom. The molecule has 0 N–H and O–H groups in total. The summed E-state index contributed by atoms with van der Waals surface area (Å²) in [7, 11) is 0. The van der Waals surface area contributed by atoms with Crippen molar-refractivity contribution in [2.75, 3.05) is 4.90 Å². The molecule has 0 saturated heterocycles. The number of fused-ring (bicyclic) bond motifs is 1. The van der Waals surface area contributed by atoms with Gasteiger partial charge in [-0.15, -0.1) is 0 Å². The topological polar surface area (TPSA) is 68.6 Å². The van der Waals surface area contributed by atoms with Gasteiger partial charge >= 0.3 is 5.76 Å². The maximum atomic E-state index is 13.1. The van der Waals surface area contributed by atoms with E-state index < -0.39 is 5.76 Å². The Labute approximate surface area is 155 Å². The second-order valence-electron chi connectivity index (χ2n) is 6.32. The maximum absolute atomic E-state index is 13.1. The van der Waals surface area contributed by atoms with Gasteiger partial charge in [0.25, 0.3) is 0 Å². The number of furan rings is 1. The Hall–Kier alpha value is -3.54. The van der Waals surface area contributed by atoms with Crippen molar-refractivity contribution in [1.29, 1.82) is 0 Å². The van der Waals surface area contributed by atoms with Gasteiger partial charge in [0.2, 0.25) is 5.91 Å². The summed E-state index contributed by atoms with van der Waals surface area (Å²) < 4.78 is 12.0. The molecule has 0 aliphatic heterocycles. The standard InChI is InChI=1S/C21H18N2O4/c1-15-8-10-16(11-9-15)22(13-17-5-4-12-26-17)20(24)14-23-18-6-2-3-7-19(18)27-21(23)25/h2-12H,13-14H2,1H3. The van der Waals surface area contributed by atoms with Crippen molar-refractivity contribution in [3.63, 3.8) is 0 Å². The Kier molecular flexibility index (Phi) is 4.38. The van der Waals surface area contributed by atoms with Crippen LogP contribution < -0.4 is 10.7 Å². The van der Waals surface area contributed by atoms with E-state index in [9.17, 15) is 9.59 Å². The Bertz CT molecular complexity index is 1120. The molecule has 27 heavy (non-hydrogen) atoms. The number of hydrogen-bond acceptors (Lipinski definition) is 4. The maximum Gasteiger partial charge on any atom is 0.420 e. The minimum Gasteiger partial charge on any atom is -0.467 e. The lowest BCUT2D eigenvalue weighted by Gasteiger charge is -2.22. The molecule has 2 aromatic carbocycles. The summed E-state index contributed by atoms with van der Waals surface area (Å²) >= 11 is 0. The fourth-order valence-electron chi connectivity index (χ4n) is 2.99. The molecule has 0 saturated carbocycles. The highest BCUT2D eigenvalue weighted by atomic mass is 16.4. The average molecular weight is 362 g/mol. The molecule has 2 heterocycles. The van der Waals surface area contributed by atoms with Crippen LogP contribution in [0.3, 0.4) is 0 Å². The molecule has 0 aliphatic carbocycles. The van der Waals surface area contributed by atoms with E-state index in [2.05, 4.69) is 0 Å². The van der Waals surface area contributed by atoms with Crippen LogP contribution in [0.1, 0.15) is 11.3 Å². The van der Waals surface area contributed by atoms with Gasteiger partial charge in [-0.3, -0.25) is 9.36 Å². The third-order valence-electron chi connectivity index (χ3n) is 4.41. The molecule has 0 spiro atoms. The zero-order valence-corrected chi connectivity index (χ0v) is 14.8. The smallest absolute Gasteiger partial charge is 0.420 e. The molecule has 1 amide bonds. The van der Waals surface area contributed by atoms with E-state index in [0.29, 0.717) is 16.9 Å². The van der Waals surface area contributed by atoms with E-state index >= 15 is 0 Å². The van der Waals surface area contributed by atoms with Crippen molar-refractivity contribution in [1.82, 2.24) is 4.57 Å². The Morgan fingerprint density at radius 2 is 1.81 bits per heavy atom. The molecule has 0 fully saturated rings. The van der Waals surface area contributed by atoms with E-state index in [1.54, 1.807) is 41.5 Å². The van der Waals surface area contributed by atoms with Crippen LogP contribution in [0.5, 0.6) is 0 Å². The molecule has 0 aliphatic rings. The van der Waals surface area contributed by atoms with Gasteiger partial charge in [0.1, 0.15) is 12.3 Å². The van der Waals surface area contributed by atoms with Crippen molar-refractivity contribution >= 4 is 22.7 Å². The van der Waals surface area contributed by atoms with Crippen LogP contribution in [0, 0.1) is 6.92 Å². The first-order valence-electron chi connectivity index (χ1n) is 8.59. The molecule has 6 nitrogen and oxygen atoms in total. The lowest BCUT2D eigenvalue weighted by atomic mass is 10.2. The number of benzene rings is 2. The fraction of sp³-hybridized carbons (Fsp3) is 0.143. The highest BCUT2D eigenvalue weighted by molar-refractivity contribution is 5.93. The van der Waals surface area contributed by atoms with Gasteiger partial charge in [0, 0.05) is 5.69 Å². The number of carbonyl (C=O) groups is 1. The Morgan fingerprint density at radius 1 is 1.04 bits per heavy atom. The largest absolute Gasteiger partial charge is 0.467 e. The Balaban J connectivity index is 1.68. The van der Waals surface area contributed by atoms with Crippen LogP contribution in [-0.2, 0) is 17.9 Å². The number of oxazole rings is 1. The molecule has 0 unspecified atom stereocenters. The van der Waals surface area contributed by atoms with Gasteiger partial charge in [-0.25, -0.2) is 4.79 Å². The molecule has 0 atom stereocenters. The molecular formula is C21H18N2O4. The lowest BCUT2D eigenvalue weighted by Crippen LogP contribution is -2.35. The average Bonchev–Trinajstić information content (AvgIpc) is 3.29. The van der Waals surface area contributed by atoms with Gasteiger partial charge in [-0.05, 0) is 43.3 Å². The second-order valence-corrected chi connectivity index (χ2v) is 6.32. The summed E-state index contributed by atoms with van der Waals surface area (Å²) in [6.07, 6.45) is 1.57. The van der Waals surface area contributed by atoms with Crippen molar-refractivity contribution in [2.24, 2.45) is 0 Å². The summed E-state index contributed by atoms with van der Waals surface area (Å²) in [5.74, 6) is -0.122. The van der Waals surface area contributed by atoms with Crippen LogP contribution in [0.2, 0.25) is 0 Å². The normalized spacial score (nSPS) is 11.0. The number of anilines is 1. The molecule has 2 aromatic heterocycles. The summed E-state index contributed by atoms with van der Waals surface area (Å²) in [5, 5.41) is 0. The first kappa shape index (κ1) is 16.9. The minimum atomic E-state index is -0.550. The first-order chi connectivity index (χ1) is 13.1. The van der Waals surface area contributed by atoms with Crippen LogP contribution in [-0.4, -0.2) is 10.5 Å². The van der Waals surface area contributed by atoms with Crippen molar-refractivity contribution in [3.8, 4) is 0 Å². The first-order valence-corrected chi connectivity index (χ1v) is 8.59. The zero-order chi connectivity index (χ0) is 18.8. The predicted octanol–water partition coefficient (Wildman–Crippen LogP) is 3.73. The molecule has 0 bridgehead atoms. The fourth-order valence-corrected chi connectivity index (χ4v) is 2.99. The molecule has 0 radical (unpaired) electrons. The van der Waals surface area contributed by atoms with Crippen LogP contribution in [0.4, 0.5) is 5.69 Å². The number of nitrogens with zero attached hydrogens (tertiary/aromatic N) is 2. The van der Waals surface area contributed by atoms with E-state index in [4.69, 9.17) is 8.83 Å². The van der Waals surface area contributed by atoms with Crippen molar-refractivity contribution in [2.45, 2.75) is 20.0 Å². The molecule has 136 valence electrons. The molecule has 6 heteroatoms. The van der Waals surface area contributed by atoms with Crippen LogP contribution in [0.15, 0.2) is 80.6 Å². The predicted molar refractivity (Wildman–Crippen MR) is 102 cm³/mol. The van der Waals surface area contributed by atoms with Crippen molar-refractivity contribution in [3.05, 3.63) is 88.8 Å². The van der Waals surface area contributed by atoms with Gasteiger partial charge in [-0.2, -0.15) is 0 Å². The van der Waals surface area contributed by atoms with E-state index in [1.165, 1.54) is 4.57 Å². The summed E-state index contributed by atoms with van der Waals surface area (Å²) in [6, 6.07) is 18.3. The highest BCUT2D eigenvalue weighted by Gasteiger charge is 2.20. The van der Waals surface area contributed by atoms with Gasteiger partial charge in [-0.1, -0.05) is 29.8 Å². The summed E-state index contributed by atoms with van der Waals surface area (Å²) in [5.41, 5.74) is 2.89. The molecule has 4 rings (SSSR count). The lowest BCUT2D eigenvalue weighted by molar-refractivity contribution is -0.119. The van der Waals surface area contributed by atoms with E-state index in [-0.39, 0.29) is 19.0 Å². The van der Waals surface area contributed by atoms with Crippen LogP contribution in [0.25, 0.3) is 11.1 Å². The third kappa shape index (κ3) is 3.42. The zero-order valence-electron chi connectivity index (χ0n) is 14.8. The van der Waals surface area contributed by atoms with Crippen molar-refractivity contribution < 1.29 is 13.6 Å². The summed E-state index contributed by atoms with van der Waals surface area (Å²) in [6.45, 7) is 2.14. The monoisotopic (exact) mass is 362 g/mol. The third-order valence-corrected chi connectivity index (χ3v) is 4.41. The van der Waals surface area contributed by atoms with Gasteiger partial charge in [0.05, 0.1) is 18.3 Å². The number of aromatic nitrogens is 1. The van der Waals surface area contributed by atoms with Gasteiger partial charge < -0.3 is 13.7 Å². The number of amides is 1. The number of carbonyl (C=O) groups excluding carboxylic acids is 1. The number of aryl methyl sites for hydroxylation is 1. The van der Waals surface area contributed by atoms with Gasteiger partial charge in [0.15, 0.2) is 5.58 Å². The molecular weight excluding hydrogens is 344 g/mol.